The van der Waals surface area contributed by atoms with Crippen LogP contribution in [0.4, 0.5) is 0 Å². The van der Waals surface area contributed by atoms with Crippen molar-refractivity contribution in [1.82, 2.24) is 0 Å². The number of benzene rings is 10. The van der Waals surface area contributed by atoms with Crippen molar-refractivity contribution in [1.29, 1.82) is 0 Å². The Bertz CT molecular complexity index is 3920. The predicted octanol–water partition coefficient (Wildman–Crippen LogP) is 14.0. The molecule has 304 valence electrons. The van der Waals surface area contributed by atoms with Crippen LogP contribution in [-0.4, -0.2) is 8.07 Å². The second-order valence-corrected chi connectivity index (χ2v) is 20.8. The fourth-order valence-electron chi connectivity index (χ4n) is 10.7. The summed E-state index contributed by atoms with van der Waals surface area (Å²) in [6, 6.07) is 78.1. The molecule has 4 nitrogen and oxygen atoms in total. The Balaban J connectivity index is 0.993. The molecule has 0 saturated heterocycles. The lowest BCUT2D eigenvalue weighted by atomic mass is 10.0. The van der Waals surface area contributed by atoms with Gasteiger partial charge >= 0.3 is 0 Å². The van der Waals surface area contributed by atoms with Crippen LogP contribution >= 0.6 is 0 Å². The lowest BCUT2D eigenvalue weighted by Gasteiger charge is -2.34. The van der Waals surface area contributed by atoms with Crippen LogP contribution < -0.4 is 20.7 Å². The van der Waals surface area contributed by atoms with Crippen molar-refractivity contribution >= 4 is 117 Å². The Kier molecular flexibility index (Phi) is 7.68. The molecule has 0 unspecified atom stereocenters. The number of para-hydroxylation sites is 4. The molecule has 0 aliphatic carbocycles. The first-order valence-electron chi connectivity index (χ1n) is 22.0. The van der Waals surface area contributed by atoms with E-state index in [2.05, 4.69) is 194 Å². The molecule has 10 aromatic carbocycles. The van der Waals surface area contributed by atoms with Crippen molar-refractivity contribution in [2.45, 2.75) is 0 Å². The molecular weight excluding hydrogens is 813 g/mol. The second kappa shape index (κ2) is 13.8. The molecule has 4 heterocycles. The van der Waals surface area contributed by atoms with Gasteiger partial charge < -0.3 is 17.7 Å². The van der Waals surface area contributed by atoms with Crippen LogP contribution in [0.2, 0.25) is 0 Å². The quantitative estimate of drug-likeness (QED) is 0.124. The van der Waals surface area contributed by atoms with E-state index in [-0.39, 0.29) is 0 Å². The molecule has 65 heavy (non-hydrogen) atoms. The van der Waals surface area contributed by atoms with Crippen LogP contribution in [0.1, 0.15) is 0 Å². The summed E-state index contributed by atoms with van der Waals surface area (Å²) in [6.07, 6.45) is 0. The minimum Gasteiger partial charge on any atom is -0.456 e. The molecule has 0 N–H and O–H groups in total. The average Bonchev–Trinajstić information content (AvgIpc) is 4.15. The van der Waals surface area contributed by atoms with Crippen LogP contribution in [-0.2, 0) is 0 Å². The van der Waals surface area contributed by atoms with Gasteiger partial charge in [0, 0.05) is 43.1 Å². The zero-order valence-corrected chi connectivity index (χ0v) is 35.9. The molecule has 0 aliphatic heterocycles. The molecule has 14 rings (SSSR count). The van der Waals surface area contributed by atoms with Crippen molar-refractivity contribution in [3.8, 4) is 22.3 Å². The van der Waals surface area contributed by atoms with Gasteiger partial charge in [0.25, 0.3) is 0 Å². The van der Waals surface area contributed by atoms with Crippen molar-refractivity contribution in [2.75, 3.05) is 0 Å². The fourth-order valence-corrected chi connectivity index (χ4v) is 15.7. The van der Waals surface area contributed by atoms with E-state index in [4.69, 9.17) is 17.7 Å². The molecule has 0 fully saturated rings. The highest BCUT2D eigenvalue weighted by Gasteiger charge is 2.45. The summed E-state index contributed by atoms with van der Waals surface area (Å²) in [5.41, 5.74) is 11.6. The van der Waals surface area contributed by atoms with Crippen LogP contribution in [0.5, 0.6) is 0 Å². The van der Waals surface area contributed by atoms with Crippen molar-refractivity contribution in [3.63, 3.8) is 0 Å². The molecule has 14 aromatic rings. The van der Waals surface area contributed by atoms with Gasteiger partial charge in [-0.05, 0) is 104 Å². The Hall–Kier alpha value is -8.38. The summed E-state index contributed by atoms with van der Waals surface area (Å²) >= 11 is 0. The van der Waals surface area contributed by atoms with Gasteiger partial charge in [0.05, 0.1) is 0 Å². The summed E-state index contributed by atoms with van der Waals surface area (Å²) in [7, 11) is -3.22. The Morgan fingerprint density at radius 3 is 0.969 bits per heavy atom. The monoisotopic (exact) mass is 848 g/mol. The maximum atomic E-state index is 7.13. The minimum atomic E-state index is -3.22. The SMILES string of the molecule is c1ccc([Si](c2ccccc2)(c2cccc3c2oc2ccc(-c4ccc5oc6ccccc6c5c4)cc23)c2cccc3c2oc2ccc(-c4ccc5oc6ccccc6c5c4)cc23)cc1. The lowest BCUT2D eigenvalue weighted by molar-refractivity contribution is 0.668. The topological polar surface area (TPSA) is 52.6 Å². The maximum absolute atomic E-state index is 7.13. The number of hydrogen-bond acceptors (Lipinski definition) is 4. The van der Waals surface area contributed by atoms with Gasteiger partial charge in [0.2, 0.25) is 0 Å². The van der Waals surface area contributed by atoms with E-state index in [1.54, 1.807) is 0 Å². The van der Waals surface area contributed by atoms with E-state index in [9.17, 15) is 0 Å². The van der Waals surface area contributed by atoms with Crippen LogP contribution in [0.3, 0.4) is 0 Å². The third kappa shape index (κ3) is 5.30. The number of rotatable bonds is 6. The number of fused-ring (bicyclic) bond motifs is 12. The smallest absolute Gasteiger partial charge is 0.188 e. The van der Waals surface area contributed by atoms with Gasteiger partial charge in [-0.15, -0.1) is 0 Å². The second-order valence-electron chi connectivity index (χ2n) is 17.1. The number of furan rings is 4. The molecule has 0 radical (unpaired) electrons. The van der Waals surface area contributed by atoms with Gasteiger partial charge in [0.15, 0.2) is 8.07 Å². The molecule has 0 atom stereocenters. The van der Waals surface area contributed by atoms with Gasteiger partial charge in [-0.2, -0.15) is 0 Å². The molecule has 0 aliphatic rings. The molecule has 0 bridgehead atoms. The summed E-state index contributed by atoms with van der Waals surface area (Å²) in [6.45, 7) is 0. The van der Waals surface area contributed by atoms with E-state index in [0.717, 1.165) is 110 Å². The van der Waals surface area contributed by atoms with E-state index in [0.29, 0.717) is 0 Å². The molecule has 5 heteroatoms. The first-order valence-corrected chi connectivity index (χ1v) is 24.0. The maximum Gasteiger partial charge on any atom is 0.188 e. The highest BCUT2D eigenvalue weighted by atomic mass is 28.3. The fraction of sp³-hybridized carbons (Fsp3) is 0. The highest BCUT2D eigenvalue weighted by Crippen LogP contribution is 2.39. The van der Waals surface area contributed by atoms with E-state index in [1.165, 1.54) is 20.7 Å². The average molecular weight is 849 g/mol. The van der Waals surface area contributed by atoms with Gasteiger partial charge in [-0.25, -0.2) is 0 Å². The Morgan fingerprint density at radius 1 is 0.231 bits per heavy atom. The summed E-state index contributed by atoms with van der Waals surface area (Å²) in [5.74, 6) is 0. The molecule has 0 spiro atoms. The van der Waals surface area contributed by atoms with Crippen LogP contribution in [0, 0.1) is 0 Å². The first-order chi connectivity index (χ1) is 32.2. The molecular formula is C60H36O4Si. The highest BCUT2D eigenvalue weighted by molar-refractivity contribution is 7.21. The summed E-state index contributed by atoms with van der Waals surface area (Å²) < 4.78 is 26.6. The molecule has 4 aromatic heterocycles. The normalized spacial score (nSPS) is 12.3. The summed E-state index contributed by atoms with van der Waals surface area (Å²) in [5, 5.41) is 13.6. The lowest BCUT2D eigenvalue weighted by Crippen LogP contribution is -2.75. The van der Waals surface area contributed by atoms with Crippen molar-refractivity contribution < 1.29 is 17.7 Å². The van der Waals surface area contributed by atoms with Crippen molar-refractivity contribution in [2.24, 2.45) is 0 Å². The third-order valence-corrected chi connectivity index (χ3v) is 18.4. The largest absolute Gasteiger partial charge is 0.456 e. The molecule has 0 amide bonds. The third-order valence-electron chi connectivity index (χ3n) is 13.6. The van der Waals surface area contributed by atoms with Crippen LogP contribution in [0.15, 0.2) is 236 Å². The first kappa shape index (κ1) is 36.1. The van der Waals surface area contributed by atoms with Gasteiger partial charge in [0.1, 0.15) is 44.7 Å². The standard InChI is InChI=1S/C60H36O4Si/c1-3-13-41(14-4-1)65(42-15-5-2-6-16-42,57-23-11-19-45-49-35-39(27-31-55(49)63-59(45)57)37-25-29-53-47(33-37)43-17-7-9-21-51(43)61-53)58-24-12-20-46-50-36-40(28-32-56(50)64-60(46)58)38-26-30-54-48(34-38)44-18-8-10-22-52(44)62-54/h1-36H. The number of hydrogen-bond donors (Lipinski definition) is 0. The van der Waals surface area contributed by atoms with Crippen LogP contribution in [0.25, 0.3) is 110 Å². The van der Waals surface area contributed by atoms with Gasteiger partial charge in [-0.3, -0.25) is 0 Å². The summed E-state index contributed by atoms with van der Waals surface area (Å²) in [4.78, 5) is 0. The zero-order chi connectivity index (χ0) is 42.6. The Morgan fingerprint density at radius 2 is 0.554 bits per heavy atom. The minimum absolute atomic E-state index is 0.853. The molecule has 0 saturated carbocycles. The zero-order valence-electron chi connectivity index (χ0n) is 34.9. The Labute approximate surface area is 373 Å². The van der Waals surface area contributed by atoms with E-state index < -0.39 is 8.07 Å². The van der Waals surface area contributed by atoms with E-state index in [1.807, 2.05) is 24.3 Å². The van der Waals surface area contributed by atoms with Crippen molar-refractivity contribution in [3.05, 3.63) is 218 Å². The van der Waals surface area contributed by atoms with Gasteiger partial charge in [-0.1, -0.05) is 158 Å². The van der Waals surface area contributed by atoms with E-state index >= 15 is 0 Å². The predicted molar refractivity (Wildman–Crippen MR) is 270 cm³/mol.